The molecule has 0 aromatic heterocycles. The Kier molecular flexibility index (Phi) is 3.59. The maximum absolute atomic E-state index is 5.77. The van der Waals surface area contributed by atoms with Crippen molar-refractivity contribution in [1.82, 2.24) is 5.32 Å². The molecule has 2 rings (SSSR count). The molecule has 3 heteroatoms. The topological polar surface area (TPSA) is 47.3 Å². The Morgan fingerprint density at radius 3 is 2.56 bits per heavy atom. The minimum Gasteiger partial charge on any atom is -0.380 e. The summed E-state index contributed by atoms with van der Waals surface area (Å²) in [6.45, 7) is 5.39. The van der Waals surface area contributed by atoms with Gasteiger partial charge in [-0.3, -0.25) is 0 Å². The number of benzene rings is 1. The highest BCUT2D eigenvalue weighted by Gasteiger charge is 2.37. The van der Waals surface area contributed by atoms with Gasteiger partial charge < -0.3 is 15.8 Å². The molecule has 1 saturated heterocycles. The Labute approximate surface area is 97.0 Å². The third kappa shape index (κ3) is 2.43. The molecule has 0 aliphatic carbocycles. The monoisotopic (exact) mass is 220 g/mol. The minimum atomic E-state index is 0.170. The Morgan fingerprint density at radius 1 is 1.38 bits per heavy atom. The van der Waals surface area contributed by atoms with Crippen molar-refractivity contribution in [3.8, 4) is 0 Å². The lowest BCUT2D eigenvalue weighted by atomic mass is 9.85. The highest BCUT2D eigenvalue weighted by molar-refractivity contribution is 5.18. The molecule has 0 amide bonds. The lowest BCUT2D eigenvalue weighted by molar-refractivity contribution is -0.105. The Balaban J connectivity index is 1.86. The van der Waals surface area contributed by atoms with E-state index < -0.39 is 0 Å². The molecular weight excluding hydrogens is 200 g/mol. The molecule has 0 spiro atoms. The van der Waals surface area contributed by atoms with Crippen molar-refractivity contribution < 1.29 is 4.74 Å². The van der Waals surface area contributed by atoms with Gasteiger partial charge in [0.25, 0.3) is 0 Å². The van der Waals surface area contributed by atoms with Crippen LogP contribution in [0.4, 0.5) is 0 Å². The van der Waals surface area contributed by atoms with Gasteiger partial charge in [0.1, 0.15) is 0 Å². The maximum atomic E-state index is 5.77. The first-order chi connectivity index (χ1) is 7.76. The van der Waals surface area contributed by atoms with Gasteiger partial charge in [-0.2, -0.15) is 0 Å². The molecule has 1 heterocycles. The van der Waals surface area contributed by atoms with E-state index in [9.17, 15) is 0 Å². The maximum Gasteiger partial charge on any atom is 0.0569 e. The first kappa shape index (κ1) is 11.6. The van der Waals surface area contributed by atoms with E-state index in [4.69, 9.17) is 10.5 Å². The van der Waals surface area contributed by atoms with Gasteiger partial charge in [-0.15, -0.1) is 0 Å². The van der Waals surface area contributed by atoms with Crippen LogP contribution in [-0.4, -0.2) is 26.3 Å². The fraction of sp³-hybridized carbons (Fsp3) is 0.538. The minimum absolute atomic E-state index is 0.170. The summed E-state index contributed by atoms with van der Waals surface area (Å²) in [4.78, 5) is 0. The summed E-state index contributed by atoms with van der Waals surface area (Å²) in [6.07, 6.45) is 0. The molecule has 1 atom stereocenters. The summed E-state index contributed by atoms with van der Waals surface area (Å²) in [5.74, 6) is 0. The van der Waals surface area contributed by atoms with E-state index in [1.807, 2.05) is 6.07 Å². The quantitative estimate of drug-likeness (QED) is 0.786. The molecule has 16 heavy (non-hydrogen) atoms. The summed E-state index contributed by atoms with van der Waals surface area (Å²) >= 11 is 0. The Bertz CT molecular complexity index is 316. The van der Waals surface area contributed by atoms with Gasteiger partial charge in [-0.1, -0.05) is 30.3 Å². The van der Waals surface area contributed by atoms with Gasteiger partial charge in [0.15, 0.2) is 0 Å². The SMILES string of the molecule is CC(NCC1(CN)COC1)c1ccccc1. The molecule has 3 nitrogen and oxygen atoms in total. The highest BCUT2D eigenvalue weighted by atomic mass is 16.5. The van der Waals surface area contributed by atoms with Crippen LogP contribution < -0.4 is 11.1 Å². The molecule has 0 saturated carbocycles. The van der Waals surface area contributed by atoms with E-state index in [1.54, 1.807) is 0 Å². The molecule has 1 aliphatic rings. The van der Waals surface area contributed by atoms with Gasteiger partial charge in [0.2, 0.25) is 0 Å². The van der Waals surface area contributed by atoms with Crippen LogP contribution in [0.3, 0.4) is 0 Å². The molecule has 88 valence electrons. The second-order valence-electron chi connectivity index (χ2n) is 4.71. The van der Waals surface area contributed by atoms with Crippen molar-refractivity contribution in [2.75, 3.05) is 26.3 Å². The predicted octanol–water partition coefficient (Wildman–Crippen LogP) is 1.31. The molecule has 1 unspecified atom stereocenters. The number of hydrogen-bond donors (Lipinski definition) is 2. The lowest BCUT2D eigenvalue weighted by Crippen LogP contribution is -2.54. The molecule has 1 aliphatic heterocycles. The van der Waals surface area contributed by atoms with E-state index in [0.29, 0.717) is 12.6 Å². The van der Waals surface area contributed by atoms with Crippen molar-refractivity contribution in [3.63, 3.8) is 0 Å². The Morgan fingerprint density at radius 2 is 2.06 bits per heavy atom. The predicted molar refractivity (Wildman–Crippen MR) is 65.2 cm³/mol. The zero-order valence-corrected chi connectivity index (χ0v) is 9.78. The first-order valence-corrected chi connectivity index (χ1v) is 5.82. The molecule has 0 bridgehead atoms. The standard InChI is InChI=1S/C13H20N2O/c1-11(12-5-3-2-4-6-12)15-8-13(7-14)9-16-10-13/h2-6,11,15H,7-10,14H2,1H3. The van der Waals surface area contributed by atoms with Gasteiger partial charge in [0.05, 0.1) is 13.2 Å². The normalized spacial score (nSPS) is 20.1. The lowest BCUT2D eigenvalue weighted by Gasteiger charge is -2.41. The molecule has 1 aromatic rings. The van der Waals surface area contributed by atoms with E-state index in [2.05, 4.69) is 36.5 Å². The molecule has 1 fully saturated rings. The number of rotatable bonds is 5. The average Bonchev–Trinajstić information content (AvgIpc) is 2.29. The highest BCUT2D eigenvalue weighted by Crippen LogP contribution is 2.26. The molecule has 1 aromatic carbocycles. The van der Waals surface area contributed by atoms with E-state index >= 15 is 0 Å². The summed E-state index contributed by atoms with van der Waals surface area (Å²) in [7, 11) is 0. The first-order valence-electron chi connectivity index (χ1n) is 5.82. The summed E-state index contributed by atoms with van der Waals surface area (Å²) < 4.78 is 5.25. The van der Waals surface area contributed by atoms with E-state index in [0.717, 1.165) is 19.8 Å². The summed E-state index contributed by atoms with van der Waals surface area (Å²) in [5, 5.41) is 3.53. The second kappa shape index (κ2) is 4.95. The average molecular weight is 220 g/mol. The fourth-order valence-corrected chi connectivity index (χ4v) is 1.91. The van der Waals surface area contributed by atoms with Crippen LogP contribution >= 0.6 is 0 Å². The molecule has 3 N–H and O–H groups in total. The van der Waals surface area contributed by atoms with Crippen molar-refractivity contribution in [2.24, 2.45) is 11.1 Å². The summed E-state index contributed by atoms with van der Waals surface area (Å²) in [6, 6.07) is 10.8. The van der Waals surface area contributed by atoms with Crippen LogP contribution in [0.25, 0.3) is 0 Å². The molecular formula is C13H20N2O. The van der Waals surface area contributed by atoms with Gasteiger partial charge in [-0.05, 0) is 12.5 Å². The van der Waals surface area contributed by atoms with Gasteiger partial charge >= 0.3 is 0 Å². The number of nitrogens with one attached hydrogen (secondary N) is 1. The number of ether oxygens (including phenoxy) is 1. The van der Waals surface area contributed by atoms with Crippen molar-refractivity contribution in [2.45, 2.75) is 13.0 Å². The van der Waals surface area contributed by atoms with Crippen LogP contribution in [0, 0.1) is 5.41 Å². The van der Waals surface area contributed by atoms with Crippen LogP contribution in [-0.2, 0) is 4.74 Å². The zero-order chi connectivity index (χ0) is 11.4. The number of hydrogen-bond acceptors (Lipinski definition) is 3. The van der Waals surface area contributed by atoms with Crippen LogP contribution in [0.5, 0.6) is 0 Å². The summed E-state index contributed by atoms with van der Waals surface area (Å²) in [5.41, 5.74) is 7.26. The fourth-order valence-electron chi connectivity index (χ4n) is 1.91. The van der Waals surface area contributed by atoms with Crippen molar-refractivity contribution in [3.05, 3.63) is 35.9 Å². The Hall–Kier alpha value is -0.900. The van der Waals surface area contributed by atoms with Crippen molar-refractivity contribution in [1.29, 1.82) is 0 Å². The smallest absolute Gasteiger partial charge is 0.0569 e. The third-order valence-electron chi connectivity index (χ3n) is 3.33. The van der Waals surface area contributed by atoms with Crippen LogP contribution in [0.2, 0.25) is 0 Å². The van der Waals surface area contributed by atoms with Crippen LogP contribution in [0.15, 0.2) is 30.3 Å². The number of nitrogens with two attached hydrogens (primary N) is 1. The van der Waals surface area contributed by atoms with Gasteiger partial charge in [0, 0.05) is 24.5 Å². The second-order valence-corrected chi connectivity index (χ2v) is 4.71. The van der Waals surface area contributed by atoms with Crippen LogP contribution in [0.1, 0.15) is 18.5 Å². The molecule has 0 radical (unpaired) electrons. The van der Waals surface area contributed by atoms with Gasteiger partial charge in [-0.25, -0.2) is 0 Å². The largest absolute Gasteiger partial charge is 0.380 e. The van der Waals surface area contributed by atoms with E-state index in [-0.39, 0.29) is 5.41 Å². The third-order valence-corrected chi connectivity index (χ3v) is 3.33. The van der Waals surface area contributed by atoms with E-state index in [1.165, 1.54) is 5.56 Å². The van der Waals surface area contributed by atoms with Crippen molar-refractivity contribution >= 4 is 0 Å². The zero-order valence-electron chi connectivity index (χ0n) is 9.78.